The number of carbonyl (C=O) groups excluding carboxylic acids is 2. The molecule has 0 rings (SSSR count). The molecule has 0 aliphatic heterocycles. The van der Waals surface area contributed by atoms with Crippen molar-refractivity contribution >= 4 is 11.9 Å². The third kappa shape index (κ3) is 5.53. The Kier molecular flexibility index (Phi) is 6.74. The van der Waals surface area contributed by atoms with Crippen molar-refractivity contribution in [1.29, 1.82) is 0 Å². The van der Waals surface area contributed by atoms with E-state index in [0.717, 1.165) is 0 Å². The summed E-state index contributed by atoms with van der Waals surface area (Å²) in [5.74, 6) is -0.335. The van der Waals surface area contributed by atoms with Crippen molar-refractivity contribution in [3.8, 4) is 0 Å². The van der Waals surface area contributed by atoms with Crippen LogP contribution in [0.15, 0.2) is 0 Å². The molecular weight excluding hydrogens is 184 g/mol. The van der Waals surface area contributed by atoms with Gasteiger partial charge in [-0.2, -0.15) is 0 Å². The van der Waals surface area contributed by atoms with Crippen LogP contribution in [0.5, 0.6) is 0 Å². The molecule has 82 valence electrons. The van der Waals surface area contributed by atoms with Crippen LogP contribution < -0.4 is 10.6 Å². The highest BCUT2D eigenvalue weighted by molar-refractivity contribution is 5.81. The molecule has 0 aromatic carbocycles. The van der Waals surface area contributed by atoms with E-state index in [-0.39, 0.29) is 24.3 Å². The van der Waals surface area contributed by atoms with Crippen LogP contribution in [0.2, 0.25) is 0 Å². The normalized spacial score (nSPS) is 11.9. The Morgan fingerprint density at radius 2 is 2.07 bits per heavy atom. The lowest BCUT2D eigenvalue weighted by atomic mass is 10.3. The van der Waals surface area contributed by atoms with Crippen LogP contribution >= 0.6 is 0 Å². The molecule has 0 bridgehead atoms. The van der Waals surface area contributed by atoms with Gasteiger partial charge in [0.1, 0.15) is 0 Å². The zero-order valence-corrected chi connectivity index (χ0v) is 8.92. The summed E-state index contributed by atoms with van der Waals surface area (Å²) in [4.78, 5) is 21.9. The van der Waals surface area contributed by atoms with Gasteiger partial charge in [-0.3, -0.25) is 9.59 Å². The summed E-state index contributed by atoms with van der Waals surface area (Å²) < 4.78 is 4.73. The van der Waals surface area contributed by atoms with Crippen molar-refractivity contribution in [2.24, 2.45) is 0 Å². The van der Waals surface area contributed by atoms with Crippen LogP contribution in [-0.2, 0) is 14.3 Å². The molecule has 5 nitrogen and oxygen atoms in total. The molecule has 0 saturated carbocycles. The minimum Gasteiger partial charge on any atom is -0.466 e. The van der Waals surface area contributed by atoms with E-state index in [1.54, 1.807) is 20.9 Å². The van der Waals surface area contributed by atoms with Crippen molar-refractivity contribution in [3.63, 3.8) is 0 Å². The number of rotatable bonds is 6. The van der Waals surface area contributed by atoms with Gasteiger partial charge in [0.15, 0.2) is 0 Å². The van der Waals surface area contributed by atoms with Gasteiger partial charge in [-0.25, -0.2) is 0 Å². The lowest BCUT2D eigenvalue weighted by molar-refractivity contribution is -0.143. The fourth-order valence-electron chi connectivity index (χ4n) is 0.933. The molecule has 0 aliphatic carbocycles. The van der Waals surface area contributed by atoms with Gasteiger partial charge in [0.25, 0.3) is 0 Å². The predicted molar refractivity (Wildman–Crippen MR) is 52.8 cm³/mol. The summed E-state index contributed by atoms with van der Waals surface area (Å²) in [6.45, 7) is 4.35. The first kappa shape index (κ1) is 12.9. The predicted octanol–water partition coefficient (Wildman–Crippen LogP) is -0.336. The van der Waals surface area contributed by atoms with Gasteiger partial charge in [0, 0.05) is 13.6 Å². The number of esters is 1. The van der Waals surface area contributed by atoms with E-state index in [9.17, 15) is 9.59 Å². The average Bonchev–Trinajstić information content (AvgIpc) is 2.16. The second kappa shape index (κ2) is 7.32. The largest absolute Gasteiger partial charge is 0.466 e. The molecular formula is C9H18N2O3. The Morgan fingerprint density at radius 1 is 1.43 bits per heavy atom. The number of nitrogens with one attached hydrogen (secondary N) is 2. The number of amides is 1. The van der Waals surface area contributed by atoms with Crippen LogP contribution in [0, 0.1) is 0 Å². The Balaban J connectivity index is 3.53. The first-order chi connectivity index (χ1) is 6.61. The maximum absolute atomic E-state index is 11.0. The molecule has 0 radical (unpaired) electrons. The van der Waals surface area contributed by atoms with Gasteiger partial charge in [-0.15, -0.1) is 0 Å². The van der Waals surface area contributed by atoms with E-state index in [1.165, 1.54) is 0 Å². The van der Waals surface area contributed by atoms with Crippen molar-refractivity contribution < 1.29 is 14.3 Å². The maximum atomic E-state index is 11.0. The summed E-state index contributed by atoms with van der Waals surface area (Å²) in [5, 5.41) is 5.42. The molecule has 1 amide bonds. The molecule has 0 fully saturated rings. The Hall–Kier alpha value is -1.10. The van der Waals surface area contributed by atoms with Crippen LogP contribution in [0.4, 0.5) is 0 Å². The molecule has 1 unspecified atom stereocenters. The maximum Gasteiger partial charge on any atom is 0.307 e. The number of carbonyl (C=O) groups is 2. The fourth-order valence-corrected chi connectivity index (χ4v) is 0.933. The van der Waals surface area contributed by atoms with E-state index < -0.39 is 0 Å². The van der Waals surface area contributed by atoms with Crippen LogP contribution in [0.3, 0.4) is 0 Å². The highest BCUT2D eigenvalue weighted by atomic mass is 16.5. The fraction of sp³-hybridized carbons (Fsp3) is 0.778. The van der Waals surface area contributed by atoms with E-state index >= 15 is 0 Å². The molecule has 0 aromatic rings. The highest BCUT2D eigenvalue weighted by Crippen LogP contribution is 1.86. The van der Waals surface area contributed by atoms with Gasteiger partial charge >= 0.3 is 5.97 Å². The summed E-state index contributed by atoms with van der Waals surface area (Å²) in [5.41, 5.74) is 0. The van der Waals surface area contributed by atoms with Gasteiger partial charge in [0.2, 0.25) is 5.91 Å². The first-order valence-electron chi connectivity index (χ1n) is 4.72. The van der Waals surface area contributed by atoms with Crippen LogP contribution in [-0.4, -0.2) is 38.1 Å². The average molecular weight is 202 g/mol. The van der Waals surface area contributed by atoms with Gasteiger partial charge in [0.05, 0.1) is 19.1 Å². The molecule has 5 heteroatoms. The van der Waals surface area contributed by atoms with Gasteiger partial charge in [-0.1, -0.05) is 0 Å². The number of ether oxygens (including phenoxy) is 1. The third-order valence-corrected chi connectivity index (χ3v) is 1.72. The summed E-state index contributed by atoms with van der Waals surface area (Å²) in [6.07, 6.45) is 0.287. The molecule has 1 atom stereocenters. The van der Waals surface area contributed by atoms with Crippen molar-refractivity contribution in [1.82, 2.24) is 10.6 Å². The van der Waals surface area contributed by atoms with Crippen molar-refractivity contribution in [3.05, 3.63) is 0 Å². The van der Waals surface area contributed by atoms with Gasteiger partial charge in [-0.05, 0) is 13.8 Å². The highest BCUT2D eigenvalue weighted by Gasteiger charge is 2.10. The zero-order valence-electron chi connectivity index (χ0n) is 8.92. The molecule has 0 aliphatic rings. The SMILES string of the molecule is CCOC(=O)CCNC(C)C(=O)NC. The Labute approximate surface area is 84.2 Å². The van der Waals surface area contributed by atoms with E-state index in [0.29, 0.717) is 13.2 Å². The molecule has 0 heterocycles. The van der Waals surface area contributed by atoms with Crippen molar-refractivity contribution in [2.75, 3.05) is 20.2 Å². The minimum absolute atomic E-state index is 0.0890. The van der Waals surface area contributed by atoms with Gasteiger partial charge < -0.3 is 15.4 Å². The number of hydrogen-bond acceptors (Lipinski definition) is 4. The monoisotopic (exact) mass is 202 g/mol. The van der Waals surface area contributed by atoms with Crippen LogP contribution in [0.25, 0.3) is 0 Å². The summed E-state index contributed by atoms with van der Waals surface area (Å²) >= 11 is 0. The Bertz CT molecular complexity index is 194. The molecule has 0 aromatic heterocycles. The molecule has 0 saturated heterocycles. The quantitative estimate of drug-likeness (QED) is 0.578. The third-order valence-electron chi connectivity index (χ3n) is 1.72. The topological polar surface area (TPSA) is 67.4 Å². The lowest BCUT2D eigenvalue weighted by Gasteiger charge is -2.11. The number of likely N-dealkylation sites (N-methyl/N-ethyl adjacent to an activating group) is 1. The van der Waals surface area contributed by atoms with E-state index in [1.807, 2.05) is 0 Å². The summed E-state index contributed by atoms with van der Waals surface area (Å²) in [6, 6.07) is -0.283. The molecule has 14 heavy (non-hydrogen) atoms. The first-order valence-corrected chi connectivity index (χ1v) is 4.72. The van der Waals surface area contributed by atoms with Crippen molar-refractivity contribution in [2.45, 2.75) is 26.3 Å². The smallest absolute Gasteiger partial charge is 0.307 e. The second-order valence-electron chi connectivity index (χ2n) is 2.85. The molecule has 2 N–H and O–H groups in total. The Morgan fingerprint density at radius 3 is 2.57 bits per heavy atom. The standard InChI is InChI=1S/C9H18N2O3/c1-4-14-8(12)5-6-11-7(2)9(13)10-3/h7,11H,4-6H2,1-3H3,(H,10,13). The van der Waals surface area contributed by atoms with E-state index in [4.69, 9.17) is 4.74 Å². The minimum atomic E-state index is -0.283. The summed E-state index contributed by atoms with van der Waals surface area (Å²) in [7, 11) is 1.58. The second-order valence-corrected chi connectivity index (χ2v) is 2.85. The zero-order chi connectivity index (χ0) is 11.0. The lowest BCUT2D eigenvalue weighted by Crippen LogP contribution is -2.41. The van der Waals surface area contributed by atoms with E-state index in [2.05, 4.69) is 10.6 Å². The molecule has 0 spiro atoms. The number of hydrogen-bond donors (Lipinski definition) is 2. The van der Waals surface area contributed by atoms with Crippen LogP contribution in [0.1, 0.15) is 20.3 Å².